The summed E-state index contributed by atoms with van der Waals surface area (Å²) in [6, 6.07) is 13.0. The second-order valence-electron chi connectivity index (χ2n) is 4.82. The van der Waals surface area contributed by atoms with Gasteiger partial charge in [-0.2, -0.15) is 5.10 Å². The highest BCUT2D eigenvalue weighted by atomic mass is 16.1. The average Bonchev–Trinajstić information content (AvgIpc) is 2.78. The van der Waals surface area contributed by atoms with Crippen molar-refractivity contribution >= 4 is 0 Å². The van der Waals surface area contributed by atoms with E-state index in [1.54, 1.807) is 12.1 Å². The Morgan fingerprint density at radius 1 is 1.00 bits per heavy atom. The van der Waals surface area contributed by atoms with Crippen molar-refractivity contribution in [1.29, 1.82) is 0 Å². The van der Waals surface area contributed by atoms with Crippen molar-refractivity contribution in [2.24, 2.45) is 0 Å². The summed E-state index contributed by atoms with van der Waals surface area (Å²) < 4.78 is 0. The number of nitrogens with zero attached hydrogens (tertiary/aromatic N) is 1. The smallest absolute Gasteiger partial charge is 0.182 e. The van der Waals surface area contributed by atoms with Gasteiger partial charge in [-0.05, 0) is 19.4 Å². The number of rotatable bonds is 2. The Hall–Kier alpha value is -2.62. The van der Waals surface area contributed by atoms with Crippen molar-refractivity contribution in [3.8, 4) is 22.5 Å². The normalized spacial score (nSPS) is 10.7. The van der Waals surface area contributed by atoms with Crippen LogP contribution in [0.4, 0.5) is 0 Å². The summed E-state index contributed by atoms with van der Waals surface area (Å²) in [5.41, 5.74) is 5.36. The Bertz CT molecular complexity index is 781. The number of pyridine rings is 1. The quantitative estimate of drug-likeness (QED) is 0.748. The first-order valence-corrected chi connectivity index (χ1v) is 6.47. The molecule has 0 bridgehead atoms. The fourth-order valence-electron chi connectivity index (χ4n) is 2.40. The number of aromatic amines is 2. The summed E-state index contributed by atoms with van der Waals surface area (Å²) in [6.07, 6.45) is 0. The molecule has 0 aliphatic rings. The van der Waals surface area contributed by atoms with Crippen LogP contribution in [0.15, 0.2) is 47.3 Å². The molecule has 4 heteroatoms. The van der Waals surface area contributed by atoms with Gasteiger partial charge >= 0.3 is 0 Å². The molecule has 0 unspecified atom stereocenters. The van der Waals surface area contributed by atoms with Crippen LogP contribution in [0, 0.1) is 13.8 Å². The van der Waals surface area contributed by atoms with Crippen LogP contribution in [0.2, 0.25) is 0 Å². The number of H-pyrrole nitrogens is 2. The van der Waals surface area contributed by atoms with Gasteiger partial charge in [-0.25, -0.2) is 0 Å². The van der Waals surface area contributed by atoms with Gasteiger partial charge in [0.25, 0.3) is 0 Å². The average molecular weight is 265 g/mol. The maximum atomic E-state index is 12.0. The third kappa shape index (κ3) is 2.16. The van der Waals surface area contributed by atoms with E-state index in [-0.39, 0.29) is 5.43 Å². The standard InChI is InChI=1S/C16H15N3O/c1-10-16(11(2)19-18-10)15-9-13(20)8-14(17-15)12-6-4-3-5-7-12/h3-9H,1-2H3,(H,17,20)(H,18,19). The van der Waals surface area contributed by atoms with E-state index in [2.05, 4.69) is 15.2 Å². The zero-order valence-corrected chi connectivity index (χ0v) is 11.4. The molecule has 20 heavy (non-hydrogen) atoms. The minimum Gasteiger partial charge on any atom is -0.354 e. The summed E-state index contributed by atoms with van der Waals surface area (Å²) in [5, 5.41) is 7.12. The molecule has 2 heterocycles. The molecule has 0 amide bonds. The van der Waals surface area contributed by atoms with Gasteiger partial charge in [0, 0.05) is 29.1 Å². The molecule has 100 valence electrons. The Morgan fingerprint density at radius 3 is 2.35 bits per heavy atom. The first kappa shape index (κ1) is 12.4. The molecule has 0 aliphatic heterocycles. The van der Waals surface area contributed by atoms with Crippen LogP contribution in [-0.2, 0) is 0 Å². The largest absolute Gasteiger partial charge is 0.354 e. The highest BCUT2D eigenvalue weighted by Crippen LogP contribution is 2.24. The van der Waals surface area contributed by atoms with Crippen LogP contribution < -0.4 is 5.43 Å². The second kappa shape index (κ2) is 4.81. The van der Waals surface area contributed by atoms with Gasteiger partial charge in [-0.3, -0.25) is 9.89 Å². The molecule has 2 N–H and O–H groups in total. The summed E-state index contributed by atoms with van der Waals surface area (Å²) in [4.78, 5) is 15.3. The number of benzene rings is 1. The lowest BCUT2D eigenvalue weighted by molar-refractivity contribution is 1.02. The minimum absolute atomic E-state index is 0.0161. The van der Waals surface area contributed by atoms with E-state index in [4.69, 9.17) is 0 Å². The second-order valence-corrected chi connectivity index (χ2v) is 4.82. The molecule has 0 saturated carbocycles. The SMILES string of the molecule is Cc1n[nH]c(C)c1-c1cc(=O)cc(-c2ccccc2)[nH]1. The zero-order valence-electron chi connectivity index (χ0n) is 11.4. The van der Waals surface area contributed by atoms with Gasteiger partial charge in [0.05, 0.1) is 11.4 Å². The van der Waals surface area contributed by atoms with E-state index in [1.165, 1.54) is 0 Å². The Kier molecular flexibility index (Phi) is 2.99. The zero-order chi connectivity index (χ0) is 14.1. The topological polar surface area (TPSA) is 61.5 Å². The number of hydrogen-bond acceptors (Lipinski definition) is 2. The van der Waals surface area contributed by atoms with Crippen molar-refractivity contribution in [2.75, 3.05) is 0 Å². The third-order valence-corrected chi connectivity index (χ3v) is 3.32. The Morgan fingerprint density at radius 2 is 1.70 bits per heavy atom. The molecule has 0 spiro atoms. The lowest BCUT2D eigenvalue weighted by Gasteiger charge is -2.06. The molecule has 1 aromatic carbocycles. The van der Waals surface area contributed by atoms with Gasteiger partial charge in [0.15, 0.2) is 5.43 Å². The van der Waals surface area contributed by atoms with Crippen molar-refractivity contribution in [2.45, 2.75) is 13.8 Å². The highest BCUT2D eigenvalue weighted by Gasteiger charge is 2.11. The van der Waals surface area contributed by atoms with Gasteiger partial charge in [-0.1, -0.05) is 30.3 Å². The third-order valence-electron chi connectivity index (χ3n) is 3.32. The summed E-state index contributed by atoms with van der Waals surface area (Å²) >= 11 is 0. The first-order valence-electron chi connectivity index (χ1n) is 6.47. The molecule has 0 saturated heterocycles. The van der Waals surface area contributed by atoms with Gasteiger partial charge in [-0.15, -0.1) is 0 Å². The van der Waals surface area contributed by atoms with Crippen molar-refractivity contribution in [3.63, 3.8) is 0 Å². The van der Waals surface area contributed by atoms with Crippen LogP contribution in [0.5, 0.6) is 0 Å². The molecule has 0 fully saturated rings. The first-order chi connectivity index (χ1) is 9.65. The van der Waals surface area contributed by atoms with Gasteiger partial charge in [0.2, 0.25) is 0 Å². The van der Waals surface area contributed by atoms with E-state index in [1.807, 2.05) is 44.2 Å². The van der Waals surface area contributed by atoms with Crippen LogP contribution in [0.1, 0.15) is 11.4 Å². The fraction of sp³-hybridized carbons (Fsp3) is 0.125. The Labute approximate surface area is 116 Å². The predicted molar refractivity (Wildman–Crippen MR) is 79.6 cm³/mol. The van der Waals surface area contributed by atoms with Gasteiger partial charge < -0.3 is 4.98 Å². The van der Waals surface area contributed by atoms with Gasteiger partial charge in [0.1, 0.15) is 0 Å². The summed E-state index contributed by atoms with van der Waals surface area (Å²) in [5.74, 6) is 0. The number of aromatic nitrogens is 3. The lowest BCUT2D eigenvalue weighted by atomic mass is 10.1. The minimum atomic E-state index is -0.0161. The van der Waals surface area contributed by atoms with Crippen LogP contribution in [-0.4, -0.2) is 15.2 Å². The van der Waals surface area contributed by atoms with E-state index in [0.29, 0.717) is 0 Å². The maximum Gasteiger partial charge on any atom is 0.182 e. The fourth-order valence-corrected chi connectivity index (χ4v) is 2.40. The van der Waals surface area contributed by atoms with E-state index in [0.717, 1.165) is 33.9 Å². The van der Waals surface area contributed by atoms with E-state index in [9.17, 15) is 4.79 Å². The molecule has 0 radical (unpaired) electrons. The van der Waals surface area contributed by atoms with Crippen LogP contribution >= 0.6 is 0 Å². The van der Waals surface area contributed by atoms with Crippen LogP contribution in [0.25, 0.3) is 22.5 Å². The van der Waals surface area contributed by atoms with Crippen molar-refractivity contribution in [3.05, 3.63) is 64.1 Å². The number of hydrogen-bond donors (Lipinski definition) is 2. The maximum absolute atomic E-state index is 12.0. The molecule has 3 rings (SSSR count). The number of aryl methyl sites for hydroxylation is 2. The molecular weight excluding hydrogens is 250 g/mol. The monoisotopic (exact) mass is 265 g/mol. The van der Waals surface area contributed by atoms with Crippen LogP contribution in [0.3, 0.4) is 0 Å². The Balaban J connectivity index is 2.20. The highest BCUT2D eigenvalue weighted by molar-refractivity contribution is 5.68. The van der Waals surface area contributed by atoms with Crippen molar-refractivity contribution < 1.29 is 0 Å². The van der Waals surface area contributed by atoms with E-state index < -0.39 is 0 Å². The van der Waals surface area contributed by atoms with E-state index >= 15 is 0 Å². The molecule has 0 atom stereocenters. The molecule has 2 aromatic heterocycles. The molecule has 0 aliphatic carbocycles. The molecular formula is C16H15N3O. The summed E-state index contributed by atoms with van der Waals surface area (Å²) in [6.45, 7) is 3.87. The lowest BCUT2D eigenvalue weighted by Crippen LogP contribution is -2.02. The van der Waals surface area contributed by atoms with Crippen molar-refractivity contribution in [1.82, 2.24) is 15.2 Å². The predicted octanol–water partition coefficient (Wildman–Crippen LogP) is 3.05. The molecule has 3 aromatic rings. The number of nitrogens with one attached hydrogen (secondary N) is 2. The summed E-state index contributed by atoms with van der Waals surface area (Å²) in [7, 11) is 0. The molecule has 4 nitrogen and oxygen atoms in total.